The molecule has 0 spiro atoms. The number of carbonyl (C=O) groups is 1. The average Bonchev–Trinajstić information content (AvgIpc) is 2.69. The minimum absolute atomic E-state index is 0.291. The molecular formula is C13H24N2O2. The van der Waals surface area contributed by atoms with Crippen LogP contribution >= 0.6 is 0 Å². The van der Waals surface area contributed by atoms with Crippen molar-refractivity contribution in [3.05, 3.63) is 0 Å². The van der Waals surface area contributed by atoms with E-state index in [0.29, 0.717) is 30.4 Å². The third-order valence-corrected chi connectivity index (χ3v) is 3.72. The van der Waals surface area contributed by atoms with Gasteiger partial charge in [-0.05, 0) is 39.8 Å². The van der Waals surface area contributed by atoms with Gasteiger partial charge in [0.2, 0.25) is 5.91 Å². The van der Waals surface area contributed by atoms with Crippen molar-refractivity contribution in [1.29, 1.82) is 0 Å². The fraction of sp³-hybridized carbons (Fsp3) is 0.923. The van der Waals surface area contributed by atoms with Crippen molar-refractivity contribution >= 4 is 5.91 Å². The molecule has 0 bridgehead atoms. The second-order valence-electron chi connectivity index (χ2n) is 5.49. The van der Waals surface area contributed by atoms with Crippen LogP contribution in [0.15, 0.2) is 0 Å². The third-order valence-electron chi connectivity index (χ3n) is 3.72. The summed E-state index contributed by atoms with van der Waals surface area (Å²) < 4.78 is 5.92. The summed E-state index contributed by atoms with van der Waals surface area (Å²) in [6.07, 6.45) is 3.28. The summed E-state index contributed by atoms with van der Waals surface area (Å²) in [5.74, 6) is 0.693. The standard InChI is InChI=1S/C13H24N2O2/c1-10(2)15-8-11(7-13(15)16)9-17-12-3-5-14-6-4-12/h10-12,14H,3-9H2,1-2H3/t11-/m1/s1. The summed E-state index contributed by atoms with van der Waals surface area (Å²) in [6.45, 7) is 7.90. The van der Waals surface area contributed by atoms with Gasteiger partial charge in [0.1, 0.15) is 0 Å². The lowest BCUT2D eigenvalue weighted by Gasteiger charge is -2.25. The van der Waals surface area contributed by atoms with E-state index in [1.54, 1.807) is 0 Å². The Bertz CT molecular complexity index is 262. The van der Waals surface area contributed by atoms with Crippen molar-refractivity contribution in [2.24, 2.45) is 5.92 Å². The van der Waals surface area contributed by atoms with Crippen LogP contribution in [0.3, 0.4) is 0 Å². The number of hydrogen-bond acceptors (Lipinski definition) is 3. The highest BCUT2D eigenvalue weighted by molar-refractivity contribution is 5.78. The van der Waals surface area contributed by atoms with E-state index < -0.39 is 0 Å². The summed E-state index contributed by atoms with van der Waals surface area (Å²) >= 11 is 0. The molecule has 17 heavy (non-hydrogen) atoms. The lowest BCUT2D eigenvalue weighted by Crippen LogP contribution is -2.34. The van der Waals surface area contributed by atoms with Gasteiger partial charge in [-0.1, -0.05) is 0 Å². The Morgan fingerprint density at radius 2 is 2.12 bits per heavy atom. The maximum atomic E-state index is 11.7. The number of ether oxygens (including phenoxy) is 1. The summed E-state index contributed by atoms with van der Waals surface area (Å²) in [7, 11) is 0. The number of amides is 1. The zero-order valence-corrected chi connectivity index (χ0v) is 10.9. The molecule has 2 saturated heterocycles. The molecule has 2 rings (SSSR count). The van der Waals surface area contributed by atoms with E-state index in [4.69, 9.17) is 4.74 Å². The topological polar surface area (TPSA) is 41.6 Å². The molecular weight excluding hydrogens is 216 g/mol. The molecule has 1 N–H and O–H groups in total. The summed E-state index contributed by atoms with van der Waals surface area (Å²) in [4.78, 5) is 13.7. The first kappa shape index (κ1) is 12.8. The van der Waals surface area contributed by atoms with Crippen molar-refractivity contribution in [3.63, 3.8) is 0 Å². The average molecular weight is 240 g/mol. The Labute approximate surface area is 104 Å². The monoisotopic (exact) mass is 240 g/mol. The Hall–Kier alpha value is -0.610. The number of nitrogens with zero attached hydrogens (tertiary/aromatic N) is 1. The Morgan fingerprint density at radius 3 is 2.71 bits per heavy atom. The normalized spacial score (nSPS) is 27.1. The van der Waals surface area contributed by atoms with Crippen molar-refractivity contribution < 1.29 is 9.53 Å². The van der Waals surface area contributed by atoms with Crippen LogP contribution in [0.4, 0.5) is 0 Å². The molecule has 4 heteroatoms. The van der Waals surface area contributed by atoms with E-state index in [-0.39, 0.29) is 0 Å². The van der Waals surface area contributed by atoms with Crippen molar-refractivity contribution in [1.82, 2.24) is 10.2 Å². The van der Waals surface area contributed by atoms with Crippen LogP contribution in [-0.4, -0.2) is 49.2 Å². The van der Waals surface area contributed by atoms with Crippen LogP contribution in [-0.2, 0) is 9.53 Å². The van der Waals surface area contributed by atoms with Crippen molar-refractivity contribution in [2.75, 3.05) is 26.2 Å². The smallest absolute Gasteiger partial charge is 0.223 e. The molecule has 0 aliphatic carbocycles. The van der Waals surface area contributed by atoms with E-state index in [9.17, 15) is 4.79 Å². The molecule has 2 fully saturated rings. The van der Waals surface area contributed by atoms with Gasteiger partial charge in [-0.2, -0.15) is 0 Å². The van der Waals surface area contributed by atoms with Crippen LogP contribution in [0.25, 0.3) is 0 Å². The first-order valence-electron chi connectivity index (χ1n) is 6.78. The first-order chi connectivity index (χ1) is 8.16. The van der Waals surface area contributed by atoms with Crippen molar-refractivity contribution in [2.45, 2.75) is 45.3 Å². The molecule has 1 amide bonds. The molecule has 0 unspecified atom stereocenters. The van der Waals surface area contributed by atoms with E-state index in [1.807, 2.05) is 4.90 Å². The SMILES string of the molecule is CC(C)N1C[C@H](COC2CCNCC2)CC1=O. The highest BCUT2D eigenvalue weighted by atomic mass is 16.5. The van der Waals surface area contributed by atoms with Gasteiger partial charge in [-0.3, -0.25) is 4.79 Å². The van der Waals surface area contributed by atoms with Crippen LogP contribution < -0.4 is 5.32 Å². The van der Waals surface area contributed by atoms with Gasteiger partial charge in [0.25, 0.3) is 0 Å². The summed E-state index contributed by atoms with van der Waals surface area (Å²) in [5.41, 5.74) is 0. The second kappa shape index (κ2) is 5.83. The minimum Gasteiger partial charge on any atom is -0.378 e. The number of likely N-dealkylation sites (tertiary alicyclic amines) is 1. The molecule has 2 aliphatic rings. The number of rotatable bonds is 4. The molecule has 0 aromatic heterocycles. The van der Waals surface area contributed by atoms with Crippen LogP contribution in [0.1, 0.15) is 33.1 Å². The predicted molar refractivity (Wildman–Crippen MR) is 66.8 cm³/mol. The second-order valence-corrected chi connectivity index (χ2v) is 5.49. The Balaban J connectivity index is 1.71. The quantitative estimate of drug-likeness (QED) is 0.797. The van der Waals surface area contributed by atoms with Gasteiger partial charge in [0.05, 0.1) is 12.7 Å². The zero-order valence-electron chi connectivity index (χ0n) is 10.9. The highest BCUT2D eigenvalue weighted by Crippen LogP contribution is 2.21. The van der Waals surface area contributed by atoms with E-state index in [0.717, 1.165) is 39.1 Å². The molecule has 0 aromatic rings. The largest absolute Gasteiger partial charge is 0.378 e. The summed E-state index contributed by atoms with van der Waals surface area (Å²) in [5, 5.41) is 3.33. The number of nitrogens with one attached hydrogen (secondary N) is 1. The molecule has 1 atom stereocenters. The van der Waals surface area contributed by atoms with Crippen molar-refractivity contribution in [3.8, 4) is 0 Å². The molecule has 2 heterocycles. The molecule has 98 valence electrons. The van der Waals surface area contributed by atoms with Gasteiger partial charge < -0.3 is 15.0 Å². The minimum atomic E-state index is 0.291. The summed E-state index contributed by atoms with van der Waals surface area (Å²) in [6, 6.07) is 0.325. The number of piperidine rings is 1. The Morgan fingerprint density at radius 1 is 1.41 bits per heavy atom. The van der Waals surface area contributed by atoms with Gasteiger partial charge in [-0.25, -0.2) is 0 Å². The van der Waals surface area contributed by atoms with Crippen LogP contribution in [0, 0.1) is 5.92 Å². The molecule has 0 saturated carbocycles. The fourth-order valence-electron chi connectivity index (χ4n) is 2.65. The van der Waals surface area contributed by atoms with Crippen LogP contribution in [0.5, 0.6) is 0 Å². The van der Waals surface area contributed by atoms with E-state index in [2.05, 4.69) is 19.2 Å². The molecule has 0 aromatic carbocycles. The predicted octanol–water partition coefficient (Wildman–Crippen LogP) is 1.01. The zero-order chi connectivity index (χ0) is 12.3. The van der Waals surface area contributed by atoms with Gasteiger partial charge in [0, 0.05) is 24.9 Å². The third kappa shape index (κ3) is 3.42. The highest BCUT2D eigenvalue weighted by Gasteiger charge is 2.31. The van der Waals surface area contributed by atoms with Gasteiger partial charge in [0.15, 0.2) is 0 Å². The number of carbonyl (C=O) groups excluding carboxylic acids is 1. The Kier molecular flexibility index (Phi) is 4.40. The maximum Gasteiger partial charge on any atom is 0.223 e. The van der Waals surface area contributed by atoms with Crippen LogP contribution in [0.2, 0.25) is 0 Å². The molecule has 2 aliphatic heterocycles. The van der Waals surface area contributed by atoms with Gasteiger partial charge in [-0.15, -0.1) is 0 Å². The molecule has 4 nitrogen and oxygen atoms in total. The molecule has 0 radical (unpaired) electrons. The number of hydrogen-bond donors (Lipinski definition) is 1. The van der Waals surface area contributed by atoms with Gasteiger partial charge >= 0.3 is 0 Å². The lowest BCUT2D eigenvalue weighted by molar-refractivity contribution is -0.129. The van der Waals surface area contributed by atoms with E-state index >= 15 is 0 Å². The van der Waals surface area contributed by atoms with E-state index in [1.165, 1.54) is 0 Å². The lowest BCUT2D eigenvalue weighted by atomic mass is 10.1. The first-order valence-corrected chi connectivity index (χ1v) is 6.78. The maximum absolute atomic E-state index is 11.7. The fourth-order valence-corrected chi connectivity index (χ4v) is 2.65.